The van der Waals surface area contributed by atoms with Crippen LogP contribution < -0.4 is 16.0 Å². The molecule has 0 aliphatic carbocycles. The van der Waals surface area contributed by atoms with Crippen molar-refractivity contribution in [1.29, 1.82) is 0 Å². The molecular weight excluding hydrogens is 356 g/mol. The van der Waals surface area contributed by atoms with Crippen LogP contribution in [-0.4, -0.2) is 39.2 Å². The van der Waals surface area contributed by atoms with Crippen molar-refractivity contribution in [1.82, 2.24) is 25.4 Å². The van der Waals surface area contributed by atoms with Gasteiger partial charge in [0.15, 0.2) is 5.65 Å². The number of pyridine rings is 1. The summed E-state index contributed by atoms with van der Waals surface area (Å²) in [6, 6.07) is 9.32. The fourth-order valence-corrected chi connectivity index (χ4v) is 3.37. The zero-order valence-corrected chi connectivity index (χ0v) is 15.6. The van der Waals surface area contributed by atoms with Crippen LogP contribution in [0, 0.1) is 0 Å². The van der Waals surface area contributed by atoms with E-state index in [4.69, 9.17) is 0 Å². The van der Waals surface area contributed by atoms with Crippen molar-refractivity contribution in [2.24, 2.45) is 0 Å². The molecule has 144 valence electrons. The molecule has 1 fully saturated rings. The zero-order chi connectivity index (χ0) is 19.5. The Bertz CT molecular complexity index is 1010. The topological polar surface area (TPSA) is 101 Å². The number of rotatable bonds is 6. The summed E-state index contributed by atoms with van der Waals surface area (Å²) in [4.78, 5) is 29.4. The first-order valence-corrected chi connectivity index (χ1v) is 9.38. The third kappa shape index (κ3) is 3.40. The van der Waals surface area contributed by atoms with E-state index in [0.29, 0.717) is 43.0 Å². The van der Waals surface area contributed by atoms with Crippen LogP contribution in [0.5, 0.6) is 0 Å². The second-order valence-electron chi connectivity index (χ2n) is 6.69. The van der Waals surface area contributed by atoms with Crippen LogP contribution in [0.15, 0.2) is 42.7 Å². The summed E-state index contributed by atoms with van der Waals surface area (Å²) >= 11 is 0. The third-order valence-electron chi connectivity index (χ3n) is 4.87. The van der Waals surface area contributed by atoms with Crippen molar-refractivity contribution < 1.29 is 9.59 Å². The average molecular weight is 378 g/mol. The van der Waals surface area contributed by atoms with E-state index < -0.39 is 0 Å². The van der Waals surface area contributed by atoms with Crippen molar-refractivity contribution in [2.75, 3.05) is 11.9 Å². The number of carbonyl (C=O) groups is 2. The maximum Gasteiger partial charge on any atom is 0.255 e. The predicted molar refractivity (Wildman–Crippen MR) is 106 cm³/mol. The number of fused-ring (bicyclic) bond motifs is 1. The number of hydrogen-bond acceptors (Lipinski definition) is 5. The maximum atomic E-state index is 12.9. The molecule has 1 aliphatic rings. The first-order valence-electron chi connectivity index (χ1n) is 9.38. The van der Waals surface area contributed by atoms with E-state index in [2.05, 4.69) is 26.0 Å². The molecule has 3 N–H and O–H groups in total. The predicted octanol–water partition coefficient (Wildman–Crippen LogP) is 1.68. The smallest absolute Gasteiger partial charge is 0.255 e. The number of nitrogens with one attached hydrogen (secondary N) is 3. The van der Waals surface area contributed by atoms with Gasteiger partial charge in [-0.2, -0.15) is 5.10 Å². The monoisotopic (exact) mass is 378 g/mol. The second-order valence-corrected chi connectivity index (χ2v) is 6.69. The molecule has 1 aliphatic heterocycles. The van der Waals surface area contributed by atoms with E-state index in [1.807, 2.05) is 37.3 Å². The SMILES string of the molecule is CCn1ncc2c(NC3CCNC3=O)c(C(=O)NCc3ccccc3)cnc21. The van der Waals surface area contributed by atoms with Gasteiger partial charge in [0.05, 0.1) is 22.8 Å². The van der Waals surface area contributed by atoms with E-state index in [-0.39, 0.29) is 17.9 Å². The molecule has 1 unspecified atom stereocenters. The lowest BCUT2D eigenvalue weighted by atomic mass is 10.1. The lowest BCUT2D eigenvalue weighted by Gasteiger charge is -2.16. The number of aryl methyl sites for hydroxylation is 1. The van der Waals surface area contributed by atoms with Crippen molar-refractivity contribution in [2.45, 2.75) is 32.5 Å². The molecule has 0 bridgehead atoms. The fourth-order valence-electron chi connectivity index (χ4n) is 3.37. The molecule has 2 amide bonds. The van der Waals surface area contributed by atoms with Gasteiger partial charge in [-0.1, -0.05) is 30.3 Å². The molecule has 1 aromatic carbocycles. The van der Waals surface area contributed by atoms with E-state index in [1.165, 1.54) is 0 Å². The number of hydrogen-bond donors (Lipinski definition) is 3. The van der Waals surface area contributed by atoms with Gasteiger partial charge in [0.2, 0.25) is 5.91 Å². The van der Waals surface area contributed by atoms with Crippen LogP contribution in [0.3, 0.4) is 0 Å². The number of anilines is 1. The molecule has 0 radical (unpaired) electrons. The van der Waals surface area contributed by atoms with Gasteiger partial charge < -0.3 is 16.0 Å². The Kier molecular flexibility index (Phi) is 4.92. The minimum absolute atomic E-state index is 0.0662. The summed E-state index contributed by atoms with van der Waals surface area (Å²) in [7, 11) is 0. The standard InChI is InChI=1S/C20H22N6O2/c1-2-26-18-14(12-24-26)17(25-16-8-9-21-20(16)28)15(11-22-18)19(27)23-10-13-6-4-3-5-7-13/h3-7,11-12,16H,2,8-10H2,1H3,(H,21,28)(H,22,25)(H,23,27). The Hall–Kier alpha value is -3.42. The van der Waals surface area contributed by atoms with Crippen LogP contribution in [-0.2, 0) is 17.9 Å². The number of carbonyl (C=O) groups excluding carboxylic acids is 2. The van der Waals surface area contributed by atoms with Gasteiger partial charge in [-0.3, -0.25) is 9.59 Å². The van der Waals surface area contributed by atoms with Gasteiger partial charge in [0.1, 0.15) is 6.04 Å². The first-order chi connectivity index (χ1) is 13.7. The zero-order valence-electron chi connectivity index (χ0n) is 15.6. The lowest BCUT2D eigenvalue weighted by Crippen LogP contribution is -2.31. The number of aromatic nitrogens is 3. The van der Waals surface area contributed by atoms with Gasteiger partial charge in [-0.25, -0.2) is 9.67 Å². The van der Waals surface area contributed by atoms with Crippen LogP contribution in [0.4, 0.5) is 5.69 Å². The molecule has 0 spiro atoms. The number of nitrogens with zero attached hydrogens (tertiary/aromatic N) is 3. The fraction of sp³-hybridized carbons (Fsp3) is 0.300. The highest BCUT2D eigenvalue weighted by atomic mass is 16.2. The largest absolute Gasteiger partial charge is 0.372 e. The normalized spacial score (nSPS) is 16.2. The molecular formula is C20H22N6O2. The summed E-state index contributed by atoms with van der Waals surface area (Å²) in [5.74, 6) is -0.313. The molecule has 1 saturated heterocycles. The Morgan fingerprint density at radius 2 is 2.11 bits per heavy atom. The van der Waals surface area contributed by atoms with E-state index >= 15 is 0 Å². The van der Waals surface area contributed by atoms with Gasteiger partial charge in [0.25, 0.3) is 5.91 Å². The van der Waals surface area contributed by atoms with E-state index in [0.717, 1.165) is 10.9 Å². The minimum Gasteiger partial charge on any atom is -0.372 e. The average Bonchev–Trinajstić information content (AvgIpc) is 3.33. The molecule has 2 aromatic heterocycles. The first kappa shape index (κ1) is 18.0. The molecule has 4 rings (SSSR count). The molecule has 8 heteroatoms. The summed E-state index contributed by atoms with van der Waals surface area (Å²) in [5, 5.41) is 14.1. The van der Waals surface area contributed by atoms with Crippen molar-refractivity contribution in [3.63, 3.8) is 0 Å². The summed E-state index contributed by atoms with van der Waals surface area (Å²) < 4.78 is 1.76. The van der Waals surface area contributed by atoms with Gasteiger partial charge in [-0.15, -0.1) is 0 Å². The van der Waals surface area contributed by atoms with Crippen LogP contribution in [0.2, 0.25) is 0 Å². The summed E-state index contributed by atoms with van der Waals surface area (Å²) in [6.07, 6.45) is 3.90. The Morgan fingerprint density at radius 3 is 2.82 bits per heavy atom. The molecule has 8 nitrogen and oxygen atoms in total. The van der Waals surface area contributed by atoms with Crippen LogP contribution >= 0.6 is 0 Å². The second kappa shape index (κ2) is 7.67. The van der Waals surface area contributed by atoms with E-state index in [9.17, 15) is 9.59 Å². The van der Waals surface area contributed by atoms with Crippen molar-refractivity contribution in [3.8, 4) is 0 Å². The molecule has 0 saturated carbocycles. The summed E-state index contributed by atoms with van der Waals surface area (Å²) in [5.41, 5.74) is 2.69. The highest BCUT2D eigenvalue weighted by Gasteiger charge is 2.27. The number of benzene rings is 1. The van der Waals surface area contributed by atoms with Gasteiger partial charge in [-0.05, 0) is 18.9 Å². The van der Waals surface area contributed by atoms with Gasteiger partial charge >= 0.3 is 0 Å². The Labute approximate surface area is 162 Å². The molecule has 1 atom stereocenters. The van der Waals surface area contributed by atoms with Crippen molar-refractivity contribution >= 4 is 28.5 Å². The summed E-state index contributed by atoms with van der Waals surface area (Å²) in [6.45, 7) is 3.68. The highest BCUT2D eigenvalue weighted by molar-refractivity contribution is 6.07. The van der Waals surface area contributed by atoms with Gasteiger partial charge in [0, 0.05) is 25.8 Å². The number of amides is 2. The van der Waals surface area contributed by atoms with Crippen LogP contribution in [0.1, 0.15) is 29.3 Å². The Morgan fingerprint density at radius 1 is 1.29 bits per heavy atom. The van der Waals surface area contributed by atoms with Crippen molar-refractivity contribution in [3.05, 3.63) is 53.9 Å². The lowest BCUT2D eigenvalue weighted by molar-refractivity contribution is -0.119. The Balaban J connectivity index is 1.66. The maximum absolute atomic E-state index is 12.9. The van der Waals surface area contributed by atoms with Crippen LogP contribution in [0.25, 0.3) is 11.0 Å². The quantitative estimate of drug-likeness (QED) is 0.606. The molecule has 28 heavy (non-hydrogen) atoms. The molecule has 3 aromatic rings. The highest BCUT2D eigenvalue weighted by Crippen LogP contribution is 2.27. The molecule has 3 heterocycles. The minimum atomic E-state index is -0.378. The third-order valence-corrected chi connectivity index (χ3v) is 4.87. The van der Waals surface area contributed by atoms with E-state index in [1.54, 1.807) is 17.1 Å².